The summed E-state index contributed by atoms with van der Waals surface area (Å²) < 4.78 is 5.78. The van der Waals surface area contributed by atoms with Crippen molar-refractivity contribution in [3.8, 4) is 0 Å². The van der Waals surface area contributed by atoms with Gasteiger partial charge in [-0.2, -0.15) is 0 Å². The number of amides is 1. The molecular weight excluding hydrogens is 286 g/mol. The number of unbranched alkanes of at least 4 members (excludes halogenated alkanes) is 3. The first-order chi connectivity index (χ1) is 10.1. The molecule has 1 amide bonds. The van der Waals surface area contributed by atoms with E-state index in [1.165, 1.54) is 0 Å². The predicted molar refractivity (Wildman–Crippen MR) is 79.9 cm³/mol. The molecule has 4 atom stereocenters. The Labute approximate surface area is 131 Å². The van der Waals surface area contributed by atoms with Gasteiger partial charge >= 0.3 is 0 Å². The highest BCUT2D eigenvalue weighted by atomic mass is 16.6. The number of aliphatic hydroxyl groups is 2. The van der Waals surface area contributed by atoms with Crippen molar-refractivity contribution in [2.24, 2.45) is 5.92 Å². The quantitative estimate of drug-likeness (QED) is 0.500. The zero-order chi connectivity index (χ0) is 16.8. The van der Waals surface area contributed by atoms with Gasteiger partial charge in [0.15, 0.2) is 11.8 Å². The Morgan fingerprint density at radius 3 is 2.41 bits per heavy atom. The minimum atomic E-state index is -2.29. The van der Waals surface area contributed by atoms with Crippen LogP contribution in [0.4, 0.5) is 0 Å². The van der Waals surface area contributed by atoms with Crippen LogP contribution in [0.2, 0.25) is 0 Å². The van der Waals surface area contributed by atoms with Crippen LogP contribution >= 0.6 is 0 Å². The van der Waals surface area contributed by atoms with Crippen LogP contribution in [0.5, 0.6) is 0 Å². The molecule has 0 spiro atoms. The van der Waals surface area contributed by atoms with Crippen molar-refractivity contribution < 1.29 is 24.5 Å². The zero-order valence-corrected chi connectivity index (χ0v) is 13.8. The molecule has 2 heterocycles. The molecule has 22 heavy (non-hydrogen) atoms. The van der Waals surface area contributed by atoms with Crippen LogP contribution in [-0.2, 0) is 14.3 Å². The lowest BCUT2D eigenvalue weighted by Crippen LogP contribution is -2.55. The van der Waals surface area contributed by atoms with E-state index in [-0.39, 0.29) is 0 Å². The SMILES string of the molecule is CCCCCC[C@]1(C)O[C@H]2[C@](O)(C(=O)N[C@]2(O)C(C)C)C1=O. The van der Waals surface area contributed by atoms with Crippen molar-refractivity contribution in [3.05, 3.63) is 0 Å². The van der Waals surface area contributed by atoms with Crippen molar-refractivity contribution in [3.63, 3.8) is 0 Å². The molecule has 0 bridgehead atoms. The molecule has 2 rings (SSSR count). The predicted octanol–water partition coefficient (Wildman–Crippen LogP) is 0.889. The van der Waals surface area contributed by atoms with Gasteiger partial charge in [-0.1, -0.05) is 46.5 Å². The van der Waals surface area contributed by atoms with Gasteiger partial charge in [0.05, 0.1) is 0 Å². The molecule has 2 aliphatic heterocycles. The summed E-state index contributed by atoms with van der Waals surface area (Å²) in [5, 5.41) is 23.6. The van der Waals surface area contributed by atoms with E-state index >= 15 is 0 Å². The van der Waals surface area contributed by atoms with Crippen LogP contribution in [0.3, 0.4) is 0 Å². The van der Waals surface area contributed by atoms with Gasteiger partial charge < -0.3 is 20.3 Å². The molecule has 0 aromatic carbocycles. The normalized spacial score (nSPS) is 41.1. The second kappa shape index (κ2) is 5.58. The van der Waals surface area contributed by atoms with Crippen LogP contribution in [0.25, 0.3) is 0 Å². The topological polar surface area (TPSA) is 95.9 Å². The Hall–Kier alpha value is -0.980. The van der Waals surface area contributed by atoms with E-state index in [0.717, 1.165) is 25.7 Å². The minimum Gasteiger partial charge on any atom is -0.371 e. The third-order valence-corrected chi connectivity index (χ3v) is 5.03. The lowest BCUT2D eigenvalue weighted by atomic mass is 9.82. The third-order valence-electron chi connectivity index (χ3n) is 5.03. The number of rotatable bonds is 6. The molecule has 0 aromatic heterocycles. The number of fused-ring (bicyclic) bond motifs is 1. The maximum Gasteiger partial charge on any atom is 0.265 e. The summed E-state index contributed by atoms with van der Waals surface area (Å²) in [5.74, 6) is -1.91. The van der Waals surface area contributed by atoms with Gasteiger partial charge in [0, 0.05) is 5.92 Å². The molecule has 0 saturated carbocycles. The van der Waals surface area contributed by atoms with Gasteiger partial charge in [-0.25, -0.2) is 0 Å². The second-order valence-corrected chi connectivity index (χ2v) is 7.07. The molecule has 2 aliphatic rings. The summed E-state index contributed by atoms with van der Waals surface area (Å²) in [7, 11) is 0. The van der Waals surface area contributed by atoms with E-state index < -0.39 is 40.6 Å². The highest BCUT2D eigenvalue weighted by Gasteiger charge is 2.75. The smallest absolute Gasteiger partial charge is 0.265 e. The summed E-state index contributed by atoms with van der Waals surface area (Å²) in [5.41, 5.74) is -5.25. The summed E-state index contributed by atoms with van der Waals surface area (Å²) in [6.45, 7) is 7.11. The molecule has 6 heteroatoms. The van der Waals surface area contributed by atoms with Gasteiger partial charge in [-0.3, -0.25) is 9.59 Å². The van der Waals surface area contributed by atoms with Crippen LogP contribution in [0, 0.1) is 5.92 Å². The number of ether oxygens (including phenoxy) is 1. The molecule has 2 fully saturated rings. The fourth-order valence-electron chi connectivity index (χ4n) is 3.40. The molecule has 6 nitrogen and oxygen atoms in total. The van der Waals surface area contributed by atoms with Crippen LogP contribution in [-0.4, -0.2) is 44.9 Å². The Bertz CT molecular complexity index is 479. The Balaban J connectivity index is 2.24. The lowest BCUT2D eigenvalue weighted by molar-refractivity contribution is -0.170. The molecule has 0 radical (unpaired) electrons. The van der Waals surface area contributed by atoms with Crippen molar-refractivity contribution >= 4 is 11.7 Å². The van der Waals surface area contributed by atoms with E-state index in [1.807, 2.05) is 0 Å². The number of ketones is 1. The van der Waals surface area contributed by atoms with Crippen LogP contribution in [0.15, 0.2) is 0 Å². The number of nitrogens with one attached hydrogen (secondary N) is 1. The highest BCUT2D eigenvalue weighted by Crippen LogP contribution is 2.47. The Morgan fingerprint density at radius 1 is 1.23 bits per heavy atom. The average Bonchev–Trinajstić information content (AvgIpc) is 2.78. The summed E-state index contributed by atoms with van der Waals surface area (Å²) in [6.07, 6.45) is 3.05. The molecule has 3 N–H and O–H groups in total. The first-order valence-corrected chi connectivity index (χ1v) is 8.13. The van der Waals surface area contributed by atoms with Crippen LogP contribution in [0.1, 0.15) is 59.8 Å². The first kappa shape index (κ1) is 17.4. The van der Waals surface area contributed by atoms with Crippen molar-refractivity contribution in [2.75, 3.05) is 0 Å². The van der Waals surface area contributed by atoms with Gasteiger partial charge in [0.2, 0.25) is 11.4 Å². The van der Waals surface area contributed by atoms with E-state index in [2.05, 4.69) is 12.2 Å². The minimum absolute atomic E-state index is 0.397. The molecule has 126 valence electrons. The number of Topliss-reactive ketones (excluding diaryl/α,β-unsaturated/α-hetero) is 1. The Morgan fingerprint density at radius 2 is 1.86 bits per heavy atom. The Kier molecular flexibility index (Phi) is 4.41. The molecule has 0 aromatic rings. The van der Waals surface area contributed by atoms with Gasteiger partial charge in [0.1, 0.15) is 5.60 Å². The summed E-state index contributed by atoms with van der Waals surface area (Å²) >= 11 is 0. The lowest BCUT2D eigenvalue weighted by Gasteiger charge is -2.34. The molecular formula is C16H27NO5. The average molecular weight is 313 g/mol. The van der Waals surface area contributed by atoms with E-state index in [1.54, 1.807) is 20.8 Å². The largest absolute Gasteiger partial charge is 0.371 e. The first-order valence-electron chi connectivity index (χ1n) is 8.13. The van der Waals surface area contributed by atoms with E-state index in [0.29, 0.717) is 6.42 Å². The number of hydrogen-bond acceptors (Lipinski definition) is 5. The summed E-state index contributed by atoms with van der Waals surface area (Å²) in [6, 6.07) is 0. The monoisotopic (exact) mass is 313 g/mol. The second-order valence-electron chi connectivity index (χ2n) is 7.07. The maximum absolute atomic E-state index is 12.7. The van der Waals surface area contributed by atoms with Crippen molar-refractivity contribution in [2.45, 2.75) is 82.8 Å². The van der Waals surface area contributed by atoms with Crippen molar-refractivity contribution in [1.82, 2.24) is 5.32 Å². The molecule has 0 unspecified atom stereocenters. The van der Waals surface area contributed by atoms with Crippen molar-refractivity contribution in [1.29, 1.82) is 0 Å². The maximum atomic E-state index is 12.7. The van der Waals surface area contributed by atoms with Gasteiger partial charge in [-0.05, 0) is 13.3 Å². The third kappa shape index (κ3) is 2.28. The molecule has 2 saturated heterocycles. The van der Waals surface area contributed by atoms with E-state index in [4.69, 9.17) is 4.74 Å². The fourth-order valence-corrected chi connectivity index (χ4v) is 3.40. The van der Waals surface area contributed by atoms with Gasteiger partial charge in [0.25, 0.3) is 5.91 Å². The van der Waals surface area contributed by atoms with Crippen LogP contribution < -0.4 is 5.32 Å². The zero-order valence-electron chi connectivity index (χ0n) is 13.8. The summed E-state index contributed by atoms with van der Waals surface area (Å²) in [4.78, 5) is 24.8. The fraction of sp³-hybridized carbons (Fsp3) is 0.875. The van der Waals surface area contributed by atoms with Gasteiger partial charge in [-0.15, -0.1) is 0 Å². The number of carbonyl (C=O) groups is 2. The molecule has 0 aliphatic carbocycles. The standard InChI is InChI=1S/C16H27NO5/c1-5-6-7-8-9-14(4)11(18)15(20)12(22-14)16(21,10(2)3)17-13(15)19/h10,12,20-21H,5-9H2,1-4H3,(H,17,19)/t12-,14-,15-,16-/m0/s1. The number of hydrogen-bond donors (Lipinski definition) is 3. The van der Waals surface area contributed by atoms with E-state index in [9.17, 15) is 19.8 Å². The highest BCUT2D eigenvalue weighted by molar-refractivity contribution is 6.16. The number of carbonyl (C=O) groups excluding carboxylic acids is 2.